The van der Waals surface area contributed by atoms with Crippen LogP contribution >= 0.6 is 0 Å². The summed E-state index contributed by atoms with van der Waals surface area (Å²) in [4.78, 5) is 16.1. The average molecular weight is 375 g/mol. The fourth-order valence-electron chi connectivity index (χ4n) is 3.70. The van der Waals surface area contributed by atoms with Crippen molar-refractivity contribution in [3.63, 3.8) is 0 Å². The van der Waals surface area contributed by atoms with Crippen LogP contribution in [0, 0.1) is 5.82 Å². The van der Waals surface area contributed by atoms with Crippen LogP contribution in [-0.4, -0.2) is 30.8 Å². The second kappa shape index (κ2) is 8.49. The van der Waals surface area contributed by atoms with Gasteiger partial charge in [0, 0.05) is 11.6 Å². The Balaban J connectivity index is 2.28. The Hall–Kier alpha value is -2.78. The zero-order chi connectivity index (χ0) is 20.1. The van der Waals surface area contributed by atoms with Crippen LogP contribution < -0.4 is 0 Å². The molecule has 0 spiro atoms. The van der Waals surface area contributed by atoms with Gasteiger partial charge in [-0.3, -0.25) is 4.79 Å². The van der Waals surface area contributed by atoms with E-state index in [4.69, 9.17) is 0 Å². The third-order valence-corrected chi connectivity index (χ3v) is 5.49. The van der Waals surface area contributed by atoms with Crippen molar-refractivity contribution in [1.29, 1.82) is 0 Å². The van der Waals surface area contributed by atoms with Gasteiger partial charge in [0.1, 0.15) is 5.82 Å². The zero-order valence-corrected chi connectivity index (χ0v) is 16.6. The van der Waals surface area contributed by atoms with Crippen molar-refractivity contribution >= 4 is 5.78 Å². The smallest absolute Gasteiger partial charge is 0.177 e. The summed E-state index contributed by atoms with van der Waals surface area (Å²) in [6.45, 7) is 2.11. The Bertz CT molecular complexity index is 882. The number of nitrogens with zero attached hydrogens (tertiary/aromatic N) is 1. The minimum absolute atomic E-state index is 0.0851. The van der Waals surface area contributed by atoms with E-state index in [1.54, 1.807) is 12.1 Å². The summed E-state index contributed by atoms with van der Waals surface area (Å²) in [6.07, 6.45) is 0.587. The molecule has 0 fully saturated rings. The van der Waals surface area contributed by atoms with Crippen molar-refractivity contribution in [3.8, 4) is 0 Å². The number of halogens is 1. The molecule has 0 saturated carbocycles. The number of rotatable bonds is 7. The number of hydrogen-bond acceptors (Lipinski definition) is 2. The molecule has 0 amide bonds. The molecule has 3 heteroatoms. The van der Waals surface area contributed by atoms with Gasteiger partial charge in [0.15, 0.2) is 5.78 Å². The second-order valence-electron chi connectivity index (χ2n) is 7.49. The van der Waals surface area contributed by atoms with Crippen LogP contribution in [0.2, 0.25) is 0 Å². The molecule has 0 aliphatic carbocycles. The molecule has 0 aromatic heterocycles. The highest BCUT2D eigenvalue weighted by Crippen LogP contribution is 2.40. The lowest BCUT2D eigenvalue weighted by molar-refractivity contribution is 0.0882. The summed E-state index contributed by atoms with van der Waals surface area (Å²) in [5.41, 5.74) is 1.33. The molecule has 28 heavy (non-hydrogen) atoms. The standard InChI is InChI=1S/C25H26FNO/c1-19(27(2)3)18-25(21-12-6-4-7-13-21,22-14-8-5-9-15-22)24(28)20-11-10-16-23(26)17-20/h4-17,19H,18H2,1-3H3/t19-/m1/s1. The minimum Gasteiger partial charge on any atom is -0.307 e. The van der Waals surface area contributed by atoms with E-state index in [0.29, 0.717) is 12.0 Å². The number of benzene rings is 3. The number of carbonyl (C=O) groups is 1. The Morgan fingerprint density at radius 3 is 1.89 bits per heavy atom. The Labute approximate surface area is 166 Å². The van der Waals surface area contributed by atoms with Gasteiger partial charge in [-0.1, -0.05) is 72.8 Å². The fourth-order valence-corrected chi connectivity index (χ4v) is 3.70. The Morgan fingerprint density at radius 1 is 0.893 bits per heavy atom. The first-order valence-corrected chi connectivity index (χ1v) is 9.53. The van der Waals surface area contributed by atoms with Gasteiger partial charge < -0.3 is 4.90 Å². The molecule has 1 atom stereocenters. The molecule has 0 aliphatic rings. The summed E-state index contributed by atoms with van der Waals surface area (Å²) in [6, 6.07) is 25.8. The van der Waals surface area contributed by atoms with Crippen LogP contribution in [0.4, 0.5) is 4.39 Å². The van der Waals surface area contributed by atoms with Gasteiger partial charge in [-0.15, -0.1) is 0 Å². The molecule has 0 unspecified atom stereocenters. The molecule has 0 bridgehead atoms. The summed E-state index contributed by atoms with van der Waals surface area (Å²) in [5, 5.41) is 0. The fraction of sp³-hybridized carbons (Fsp3) is 0.240. The number of ketones is 1. The van der Waals surface area contributed by atoms with E-state index in [2.05, 4.69) is 11.8 Å². The molecular weight excluding hydrogens is 349 g/mol. The first-order valence-electron chi connectivity index (χ1n) is 9.53. The highest BCUT2D eigenvalue weighted by molar-refractivity contribution is 6.06. The van der Waals surface area contributed by atoms with Crippen LogP contribution in [0.1, 0.15) is 34.8 Å². The van der Waals surface area contributed by atoms with Crippen LogP contribution in [0.15, 0.2) is 84.9 Å². The van der Waals surface area contributed by atoms with Gasteiger partial charge in [-0.25, -0.2) is 4.39 Å². The second-order valence-corrected chi connectivity index (χ2v) is 7.49. The monoisotopic (exact) mass is 375 g/mol. The Kier molecular flexibility index (Phi) is 6.05. The van der Waals surface area contributed by atoms with E-state index in [9.17, 15) is 9.18 Å². The maximum Gasteiger partial charge on any atom is 0.177 e. The van der Waals surface area contributed by atoms with Crippen molar-refractivity contribution in [2.24, 2.45) is 0 Å². The van der Waals surface area contributed by atoms with E-state index < -0.39 is 11.2 Å². The lowest BCUT2D eigenvalue weighted by atomic mass is 9.66. The van der Waals surface area contributed by atoms with Crippen molar-refractivity contribution < 1.29 is 9.18 Å². The lowest BCUT2D eigenvalue weighted by Crippen LogP contribution is -2.43. The first kappa shape index (κ1) is 20.0. The Morgan fingerprint density at radius 2 is 1.43 bits per heavy atom. The molecule has 0 radical (unpaired) electrons. The van der Waals surface area contributed by atoms with E-state index >= 15 is 0 Å². The molecule has 0 saturated heterocycles. The molecule has 0 N–H and O–H groups in total. The van der Waals surface area contributed by atoms with Crippen LogP contribution in [0.25, 0.3) is 0 Å². The molecule has 3 aromatic carbocycles. The van der Waals surface area contributed by atoms with Crippen LogP contribution in [-0.2, 0) is 5.41 Å². The van der Waals surface area contributed by atoms with Gasteiger partial charge in [-0.2, -0.15) is 0 Å². The van der Waals surface area contributed by atoms with Crippen molar-refractivity contribution in [2.75, 3.05) is 14.1 Å². The third-order valence-electron chi connectivity index (χ3n) is 5.49. The van der Waals surface area contributed by atoms with Crippen molar-refractivity contribution in [3.05, 3.63) is 107 Å². The quantitative estimate of drug-likeness (QED) is 0.520. The largest absolute Gasteiger partial charge is 0.307 e. The molecule has 3 rings (SSSR count). The number of hydrogen-bond donors (Lipinski definition) is 0. The average Bonchev–Trinajstić information content (AvgIpc) is 2.72. The van der Waals surface area contributed by atoms with Gasteiger partial charge in [0.25, 0.3) is 0 Å². The lowest BCUT2D eigenvalue weighted by Gasteiger charge is -2.37. The van der Waals surface area contributed by atoms with Crippen LogP contribution in [0.5, 0.6) is 0 Å². The van der Waals surface area contributed by atoms with E-state index in [1.165, 1.54) is 12.1 Å². The van der Waals surface area contributed by atoms with Gasteiger partial charge in [0.05, 0.1) is 5.41 Å². The predicted molar refractivity (Wildman–Crippen MR) is 112 cm³/mol. The highest BCUT2D eigenvalue weighted by Gasteiger charge is 2.43. The van der Waals surface area contributed by atoms with E-state index in [0.717, 1.165) is 11.1 Å². The minimum atomic E-state index is -0.903. The molecule has 2 nitrogen and oxygen atoms in total. The van der Waals surface area contributed by atoms with E-state index in [1.807, 2.05) is 74.8 Å². The van der Waals surface area contributed by atoms with Gasteiger partial charge in [0.2, 0.25) is 0 Å². The number of carbonyl (C=O) groups excluding carboxylic acids is 1. The molecule has 144 valence electrons. The molecule has 0 aliphatic heterocycles. The predicted octanol–water partition coefficient (Wildman–Crippen LogP) is 5.33. The maximum atomic E-state index is 14.0. The summed E-state index contributed by atoms with van der Waals surface area (Å²) in [5.74, 6) is -0.486. The molecular formula is C25H26FNO. The van der Waals surface area contributed by atoms with Gasteiger partial charge >= 0.3 is 0 Å². The highest BCUT2D eigenvalue weighted by atomic mass is 19.1. The van der Waals surface area contributed by atoms with E-state index in [-0.39, 0.29) is 11.8 Å². The zero-order valence-electron chi connectivity index (χ0n) is 16.6. The third kappa shape index (κ3) is 3.90. The topological polar surface area (TPSA) is 20.3 Å². The maximum absolute atomic E-state index is 14.0. The molecule has 3 aromatic rings. The molecule has 0 heterocycles. The normalized spacial score (nSPS) is 12.8. The summed E-state index contributed by atoms with van der Waals surface area (Å²) < 4.78 is 14.0. The van der Waals surface area contributed by atoms with Crippen molar-refractivity contribution in [2.45, 2.75) is 24.8 Å². The van der Waals surface area contributed by atoms with Gasteiger partial charge in [-0.05, 0) is 50.7 Å². The SMILES string of the molecule is C[C@H](CC(C(=O)c1cccc(F)c1)(c1ccccc1)c1ccccc1)N(C)C. The summed E-state index contributed by atoms with van der Waals surface area (Å²) >= 11 is 0. The summed E-state index contributed by atoms with van der Waals surface area (Å²) in [7, 11) is 4.02. The first-order chi connectivity index (χ1) is 13.4. The van der Waals surface area contributed by atoms with Crippen LogP contribution in [0.3, 0.4) is 0 Å². The van der Waals surface area contributed by atoms with Crippen molar-refractivity contribution in [1.82, 2.24) is 4.90 Å². The number of Topliss-reactive ketones (excluding diaryl/α,β-unsaturated/α-hetero) is 1.